The van der Waals surface area contributed by atoms with Gasteiger partial charge in [-0.2, -0.15) is 0 Å². The molecule has 1 saturated heterocycles. The van der Waals surface area contributed by atoms with Gasteiger partial charge in [-0.3, -0.25) is 0 Å². The van der Waals surface area contributed by atoms with Crippen molar-refractivity contribution in [3.8, 4) is 0 Å². The van der Waals surface area contributed by atoms with E-state index in [1.807, 2.05) is 19.2 Å². The second-order valence-corrected chi connectivity index (χ2v) is 5.02. The number of piperazine rings is 1. The Labute approximate surface area is 108 Å². The molecule has 0 amide bonds. The number of hydrogen-bond acceptors (Lipinski definition) is 3. The van der Waals surface area contributed by atoms with Crippen molar-refractivity contribution in [2.45, 2.75) is 13.0 Å². The first kappa shape index (κ1) is 12.7. The highest BCUT2D eigenvalue weighted by atomic mass is 35.5. The molecule has 2 N–H and O–H groups in total. The number of nitrogens with one attached hydrogen (secondary N) is 2. The summed E-state index contributed by atoms with van der Waals surface area (Å²) in [5.41, 5.74) is 2.56. The molecule has 1 unspecified atom stereocenters. The van der Waals surface area contributed by atoms with E-state index in [1.54, 1.807) is 0 Å². The molecule has 0 aromatic heterocycles. The summed E-state index contributed by atoms with van der Waals surface area (Å²) in [6.07, 6.45) is 0. The maximum absolute atomic E-state index is 5.99. The Morgan fingerprint density at radius 3 is 3.06 bits per heavy atom. The van der Waals surface area contributed by atoms with E-state index >= 15 is 0 Å². The molecule has 1 heterocycles. The maximum atomic E-state index is 5.99. The third kappa shape index (κ3) is 3.12. The molecule has 0 saturated carbocycles. The number of benzene rings is 1. The lowest BCUT2D eigenvalue weighted by atomic mass is 10.1. The van der Waals surface area contributed by atoms with Gasteiger partial charge in [-0.25, -0.2) is 0 Å². The van der Waals surface area contributed by atoms with E-state index in [1.165, 1.54) is 11.3 Å². The van der Waals surface area contributed by atoms with Crippen LogP contribution in [0.4, 0.5) is 5.69 Å². The number of hydrogen-bond donors (Lipinski definition) is 2. The predicted octanol–water partition coefficient (Wildman–Crippen LogP) is 1.65. The Morgan fingerprint density at radius 1 is 1.53 bits per heavy atom. The lowest BCUT2D eigenvalue weighted by Crippen LogP contribution is -2.54. The third-order valence-electron chi connectivity index (χ3n) is 3.21. The molecule has 1 fully saturated rings. The summed E-state index contributed by atoms with van der Waals surface area (Å²) in [5, 5.41) is 7.56. The minimum atomic E-state index is 0.517. The number of nitrogens with zero attached hydrogens (tertiary/aromatic N) is 1. The van der Waals surface area contributed by atoms with E-state index < -0.39 is 0 Å². The highest BCUT2D eigenvalue weighted by Crippen LogP contribution is 2.24. The summed E-state index contributed by atoms with van der Waals surface area (Å²) >= 11 is 5.99. The zero-order valence-corrected chi connectivity index (χ0v) is 11.2. The van der Waals surface area contributed by atoms with Crippen LogP contribution in [0.15, 0.2) is 18.2 Å². The molecular weight excluding hydrogens is 234 g/mol. The summed E-state index contributed by atoms with van der Waals surface area (Å²) in [7, 11) is 1.99. The Hall–Kier alpha value is -0.770. The Bertz CT molecular complexity index is 379. The highest BCUT2D eigenvalue weighted by Gasteiger charge is 2.19. The van der Waals surface area contributed by atoms with Crippen LogP contribution in [0.1, 0.15) is 5.56 Å². The van der Waals surface area contributed by atoms with Crippen LogP contribution < -0.4 is 15.5 Å². The Kier molecular flexibility index (Phi) is 4.26. The van der Waals surface area contributed by atoms with Gasteiger partial charge in [0.1, 0.15) is 0 Å². The molecule has 3 nitrogen and oxygen atoms in total. The molecule has 17 heavy (non-hydrogen) atoms. The fourth-order valence-corrected chi connectivity index (χ4v) is 2.63. The average Bonchev–Trinajstić information content (AvgIpc) is 2.29. The van der Waals surface area contributed by atoms with E-state index in [9.17, 15) is 0 Å². The lowest BCUT2D eigenvalue weighted by Gasteiger charge is -2.36. The van der Waals surface area contributed by atoms with E-state index in [0.29, 0.717) is 6.04 Å². The second-order valence-electron chi connectivity index (χ2n) is 4.59. The van der Waals surface area contributed by atoms with Crippen LogP contribution in [-0.2, 0) is 0 Å². The SMILES string of the molecule is CNCC1CN(c2ccc(Cl)cc2C)CCN1. The van der Waals surface area contributed by atoms with Gasteiger partial charge in [-0.05, 0) is 37.7 Å². The van der Waals surface area contributed by atoms with Gasteiger partial charge in [-0.15, -0.1) is 0 Å². The topological polar surface area (TPSA) is 27.3 Å². The second kappa shape index (κ2) is 5.71. The third-order valence-corrected chi connectivity index (χ3v) is 3.44. The molecule has 2 rings (SSSR count). The van der Waals surface area contributed by atoms with Crippen LogP contribution >= 0.6 is 11.6 Å². The lowest BCUT2D eigenvalue weighted by molar-refractivity contribution is 0.443. The van der Waals surface area contributed by atoms with Gasteiger partial charge in [0.25, 0.3) is 0 Å². The van der Waals surface area contributed by atoms with E-state index in [0.717, 1.165) is 31.2 Å². The van der Waals surface area contributed by atoms with Gasteiger partial charge in [-0.1, -0.05) is 11.6 Å². The number of likely N-dealkylation sites (N-methyl/N-ethyl adjacent to an activating group) is 1. The van der Waals surface area contributed by atoms with Crippen LogP contribution in [0.25, 0.3) is 0 Å². The monoisotopic (exact) mass is 253 g/mol. The standard InChI is InChI=1S/C13H20ClN3/c1-10-7-11(14)3-4-13(10)17-6-5-16-12(9-17)8-15-2/h3-4,7,12,15-16H,5-6,8-9H2,1-2H3. The van der Waals surface area contributed by atoms with Gasteiger partial charge in [0.15, 0.2) is 0 Å². The molecular formula is C13H20ClN3. The first-order chi connectivity index (χ1) is 8.20. The van der Waals surface area contributed by atoms with Crippen LogP contribution in [0.5, 0.6) is 0 Å². The van der Waals surface area contributed by atoms with Crippen molar-refractivity contribution >= 4 is 17.3 Å². The molecule has 1 aliphatic rings. The van der Waals surface area contributed by atoms with Crippen LogP contribution in [-0.4, -0.2) is 39.3 Å². The molecule has 0 bridgehead atoms. The van der Waals surface area contributed by atoms with E-state index in [2.05, 4.69) is 28.5 Å². The zero-order valence-electron chi connectivity index (χ0n) is 10.5. The zero-order chi connectivity index (χ0) is 12.3. The average molecular weight is 254 g/mol. The van der Waals surface area contributed by atoms with Gasteiger partial charge in [0.2, 0.25) is 0 Å². The van der Waals surface area contributed by atoms with Gasteiger partial charge in [0.05, 0.1) is 0 Å². The minimum absolute atomic E-state index is 0.517. The van der Waals surface area contributed by atoms with E-state index in [-0.39, 0.29) is 0 Å². The van der Waals surface area contributed by atoms with Gasteiger partial charge < -0.3 is 15.5 Å². The largest absolute Gasteiger partial charge is 0.368 e. The number of aryl methyl sites for hydroxylation is 1. The summed E-state index contributed by atoms with van der Waals surface area (Å²) in [5.74, 6) is 0. The summed E-state index contributed by atoms with van der Waals surface area (Å²) in [4.78, 5) is 2.43. The highest BCUT2D eigenvalue weighted by molar-refractivity contribution is 6.30. The Balaban J connectivity index is 2.10. The van der Waals surface area contributed by atoms with Crippen LogP contribution in [0, 0.1) is 6.92 Å². The first-order valence-corrected chi connectivity index (χ1v) is 6.47. The van der Waals surface area contributed by atoms with Crippen molar-refractivity contribution in [1.82, 2.24) is 10.6 Å². The van der Waals surface area contributed by atoms with Gasteiger partial charge >= 0.3 is 0 Å². The maximum Gasteiger partial charge on any atom is 0.0410 e. The summed E-state index contributed by atoms with van der Waals surface area (Å²) < 4.78 is 0. The minimum Gasteiger partial charge on any atom is -0.368 e. The van der Waals surface area contributed by atoms with Crippen molar-refractivity contribution in [2.75, 3.05) is 38.1 Å². The van der Waals surface area contributed by atoms with E-state index in [4.69, 9.17) is 11.6 Å². The molecule has 0 spiro atoms. The van der Waals surface area contributed by atoms with Gasteiger partial charge in [0, 0.05) is 42.9 Å². The summed E-state index contributed by atoms with van der Waals surface area (Å²) in [6, 6.07) is 6.65. The van der Waals surface area contributed by atoms with Crippen molar-refractivity contribution in [3.05, 3.63) is 28.8 Å². The normalized spacial score (nSPS) is 20.6. The molecule has 0 radical (unpaired) electrons. The predicted molar refractivity (Wildman–Crippen MR) is 74.1 cm³/mol. The van der Waals surface area contributed by atoms with Crippen molar-refractivity contribution in [2.24, 2.45) is 0 Å². The molecule has 94 valence electrons. The van der Waals surface area contributed by atoms with Crippen molar-refractivity contribution in [1.29, 1.82) is 0 Å². The molecule has 1 aromatic rings. The molecule has 1 aromatic carbocycles. The Morgan fingerprint density at radius 2 is 2.35 bits per heavy atom. The number of anilines is 1. The fraction of sp³-hybridized carbons (Fsp3) is 0.538. The quantitative estimate of drug-likeness (QED) is 0.858. The number of halogens is 1. The fourth-order valence-electron chi connectivity index (χ4n) is 2.40. The summed E-state index contributed by atoms with van der Waals surface area (Å²) in [6.45, 7) is 6.26. The van der Waals surface area contributed by atoms with Crippen LogP contribution in [0.2, 0.25) is 5.02 Å². The molecule has 1 atom stereocenters. The first-order valence-electron chi connectivity index (χ1n) is 6.10. The van der Waals surface area contributed by atoms with Crippen LogP contribution in [0.3, 0.4) is 0 Å². The van der Waals surface area contributed by atoms with Crippen molar-refractivity contribution in [3.63, 3.8) is 0 Å². The molecule has 0 aliphatic carbocycles. The number of rotatable bonds is 3. The smallest absolute Gasteiger partial charge is 0.0410 e. The van der Waals surface area contributed by atoms with Crippen molar-refractivity contribution < 1.29 is 0 Å². The molecule has 4 heteroatoms. The molecule has 1 aliphatic heterocycles.